The monoisotopic (exact) mass is 299 g/mol. The average molecular weight is 300 g/mol. The van der Waals surface area contributed by atoms with Crippen LogP contribution in [0.25, 0.3) is 0 Å². The Morgan fingerprint density at radius 2 is 2.06 bits per heavy atom. The van der Waals surface area contributed by atoms with Crippen LogP contribution in [-0.2, 0) is 6.54 Å². The van der Waals surface area contributed by atoms with Crippen molar-refractivity contribution >= 4 is 15.9 Å². The maximum atomic E-state index is 9.02. The first-order valence-corrected chi connectivity index (χ1v) is 6.93. The van der Waals surface area contributed by atoms with Gasteiger partial charge < -0.3 is 10.4 Å². The third-order valence-corrected chi connectivity index (χ3v) is 3.93. The highest BCUT2D eigenvalue weighted by molar-refractivity contribution is 9.10. The summed E-state index contributed by atoms with van der Waals surface area (Å²) in [5.41, 5.74) is 2.54. The fourth-order valence-corrected chi connectivity index (χ4v) is 2.12. The third-order valence-electron chi connectivity index (χ3n) is 3.04. The SMILES string of the molecule is Cc1cc(CNC(CCO)C(C)C)ccc1Br. The Bertz CT molecular complexity index is 352. The minimum Gasteiger partial charge on any atom is -0.396 e. The van der Waals surface area contributed by atoms with E-state index in [1.165, 1.54) is 11.1 Å². The zero-order valence-corrected chi connectivity index (χ0v) is 12.4. The van der Waals surface area contributed by atoms with Gasteiger partial charge in [0, 0.05) is 23.7 Å². The summed E-state index contributed by atoms with van der Waals surface area (Å²) < 4.78 is 1.15. The van der Waals surface area contributed by atoms with Gasteiger partial charge in [-0.25, -0.2) is 0 Å². The molecule has 1 atom stereocenters. The van der Waals surface area contributed by atoms with Crippen molar-refractivity contribution in [2.24, 2.45) is 5.92 Å². The Morgan fingerprint density at radius 1 is 1.35 bits per heavy atom. The van der Waals surface area contributed by atoms with Gasteiger partial charge in [0.1, 0.15) is 0 Å². The van der Waals surface area contributed by atoms with E-state index in [-0.39, 0.29) is 6.61 Å². The molecule has 1 aromatic carbocycles. The zero-order valence-electron chi connectivity index (χ0n) is 10.8. The number of halogens is 1. The lowest BCUT2D eigenvalue weighted by molar-refractivity contribution is 0.244. The second-order valence-electron chi connectivity index (χ2n) is 4.83. The number of benzene rings is 1. The normalized spacial score (nSPS) is 13.1. The zero-order chi connectivity index (χ0) is 12.8. The maximum Gasteiger partial charge on any atom is 0.0445 e. The van der Waals surface area contributed by atoms with E-state index in [0.717, 1.165) is 17.4 Å². The molecule has 0 aliphatic heterocycles. The van der Waals surface area contributed by atoms with E-state index in [2.05, 4.69) is 60.2 Å². The summed E-state index contributed by atoms with van der Waals surface area (Å²) in [5.74, 6) is 0.540. The molecular formula is C14H22BrNO. The summed E-state index contributed by atoms with van der Waals surface area (Å²) in [6, 6.07) is 6.78. The lowest BCUT2D eigenvalue weighted by atomic mass is 10.0. The van der Waals surface area contributed by atoms with E-state index in [9.17, 15) is 0 Å². The lowest BCUT2D eigenvalue weighted by Crippen LogP contribution is -2.34. The minimum absolute atomic E-state index is 0.245. The first-order chi connectivity index (χ1) is 8.04. The molecule has 0 fully saturated rings. The molecule has 0 amide bonds. The molecular weight excluding hydrogens is 278 g/mol. The second kappa shape index (κ2) is 7.14. The molecule has 0 spiro atoms. The van der Waals surface area contributed by atoms with E-state index < -0.39 is 0 Å². The number of aryl methyl sites for hydroxylation is 1. The van der Waals surface area contributed by atoms with Crippen molar-refractivity contribution in [1.29, 1.82) is 0 Å². The molecule has 2 N–H and O–H groups in total. The summed E-state index contributed by atoms with van der Waals surface area (Å²) in [6.07, 6.45) is 0.813. The predicted octanol–water partition coefficient (Wildman–Crippen LogP) is 3.25. The highest BCUT2D eigenvalue weighted by atomic mass is 79.9. The Balaban J connectivity index is 2.56. The number of aliphatic hydroxyl groups is 1. The average Bonchev–Trinajstić information content (AvgIpc) is 2.28. The van der Waals surface area contributed by atoms with Gasteiger partial charge in [0.05, 0.1) is 0 Å². The van der Waals surface area contributed by atoms with Gasteiger partial charge in [0.15, 0.2) is 0 Å². The number of aliphatic hydroxyl groups excluding tert-OH is 1. The van der Waals surface area contributed by atoms with Crippen molar-refractivity contribution in [2.75, 3.05) is 6.61 Å². The van der Waals surface area contributed by atoms with E-state index in [0.29, 0.717) is 12.0 Å². The van der Waals surface area contributed by atoms with Crippen molar-refractivity contribution in [3.63, 3.8) is 0 Å². The quantitative estimate of drug-likeness (QED) is 0.845. The fourth-order valence-electron chi connectivity index (χ4n) is 1.88. The first-order valence-electron chi connectivity index (χ1n) is 6.14. The Morgan fingerprint density at radius 3 is 2.59 bits per heavy atom. The van der Waals surface area contributed by atoms with Crippen LogP contribution in [0.2, 0.25) is 0 Å². The Labute approximate surface area is 113 Å². The number of rotatable bonds is 6. The molecule has 1 rings (SSSR count). The standard InChI is InChI=1S/C14H22BrNO/c1-10(2)14(6-7-17)16-9-12-4-5-13(15)11(3)8-12/h4-5,8,10,14,16-17H,6-7,9H2,1-3H3. The van der Waals surface area contributed by atoms with Crippen LogP contribution < -0.4 is 5.32 Å². The topological polar surface area (TPSA) is 32.3 Å². The summed E-state index contributed by atoms with van der Waals surface area (Å²) in [5, 5.41) is 12.5. The molecule has 0 saturated heterocycles. The summed E-state index contributed by atoms with van der Waals surface area (Å²) in [6.45, 7) is 7.56. The van der Waals surface area contributed by atoms with Crippen LogP contribution in [0.15, 0.2) is 22.7 Å². The molecule has 0 aliphatic rings. The Kier molecular flexibility index (Phi) is 6.17. The van der Waals surface area contributed by atoms with Crippen molar-refractivity contribution in [2.45, 2.75) is 39.8 Å². The molecule has 0 radical (unpaired) electrons. The van der Waals surface area contributed by atoms with Crippen LogP contribution in [0.1, 0.15) is 31.4 Å². The van der Waals surface area contributed by atoms with Crippen LogP contribution in [-0.4, -0.2) is 17.8 Å². The van der Waals surface area contributed by atoms with Gasteiger partial charge >= 0.3 is 0 Å². The Hall–Kier alpha value is -0.380. The van der Waals surface area contributed by atoms with Gasteiger partial charge in [-0.1, -0.05) is 41.9 Å². The van der Waals surface area contributed by atoms with Gasteiger partial charge in [0.25, 0.3) is 0 Å². The third kappa shape index (κ3) is 4.78. The molecule has 0 saturated carbocycles. The minimum atomic E-state index is 0.245. The van der Waals surface area contributed by atoms with Crippen molar-refractivity contribution in [1.82, 2.24) is 5.32 Å². The largest absolute Gasteiger partial charge is 0.396 e. The van der Waals surface area contributed by atoms with E-state index >= 15 is 0 Å². The fraction of sp³-hybridized carbons (Fsp3) is 0.571. The van der Waals surface area contributed by atoms with Crippen LogP contribution in [0, 0.1) is 12.8 Å². The van der Waals surface area contributed by atoms with Crippen molar-refractivity contribution in [3.8, 4) is 0 Å². The van der Waals surface area contributed by atoms with Gasteiger partial charge in [-0.15, -0.1) is 0 Å². The van der Waals surface area contributed by atoms with E-state index in [1.807, 2.05) is 0 Å². The molecule has 96 valence electrons. The van der Waals surface area contributed by atoms with Crippen LogP contribution in [0.4, 0.5) is 0 Å². The van der Waals surface area contributed by atoms with E-state index in [1.54, 1.807) is 0 Å². The van der Waals surface area contributed by atoms with Crippen molar-refractivity contribution in [3.05, 3.63) is 33.8 Å². The number of hydrogen-bond acceptors (Lipinski definition) is 2. The highest BCUT2D eigenvalue weighted by Gasteiger charge is 2.11. The molecule has 1 unspecified atom stereocenters. The van der Waals surface area contributed by atoms with Crippen LogP contribution in [0.3, 0.4) is 0 Å². The van der Waals surface area contributed by atoms with Crippen LogP contribution >= 0.6 is 15.9 Å². The summed E-state index contributed by atoms with van der Waals surface area (Å²) in [7, 11) is 0. The molecule has 17 heavy (non-hydrogen) atoms. The van der Waals surface area contributed by atoms with Crippen LogP contribution in [0.5, 0.6) is 0 Å². The summed E-state index contributed by atoms with van der Waals surface area (Å²) in [4.78, 5) is 0. The molecule has 0 aliphatic carbocycles. The number of hydrogen-bond donors (Lipinski definition) is 2. The lowest BCUT2D eigenvalue weighted by Gasteiger charge is -2.21. The van der Waals surface area contributed by atoms with E-state index in [4.69, 9.17) is 5.11 Å². The van der Waals surface area contributed by atoms with Gasteiger partial charge in [-0.05, 0) is 36.5 Å². The van der Waals surface area contributed by atoms with Crippen molar-refractivity contribution < 1.29 is 5.11 Å². The highest BCUT2D eigenvalue weighted by Crippen LogP contribution is 2.17. The molecule has 2 nitrogen and oxygen atoms in total. The molecule has 0 heterocycles. The molecule has 1 aromatic rings. The van der Waals surface area contributed by atoms with Gasteiger partial charge in [-0.3, -0.25) is 0 Å². The van der Waals surface area contributed by atoms with Gasteiger partial charge in [0.2, 0.25) is 0 Å². The second-order valence-corrected chi connectivity index (χ2v) is 5.68. The smallest absolute Gasteiger partial charge is 0.0445 e. The predicted molar refractivity (Wildman–Crippen MR) is 76.0 cm³/mol. The summed E-state index contributed by atoms with van der Waals surface area (Å²) >= 11 is 3.50. The van der Waals surface area contributed by atoms with Gasteiger partial charge in [-0.2, -0.15) is 0 Å². The maximum absolute atomic E-state index is 9.02. The molecule has 0 bridgehead atoms. The molecule has 0 aromatic heterocycles. The number of nitrogens with one attached hydrogen (secondary N) is 1. The first kappa shape index (κ1) is 14.7. The molecule has 3 heteroatoms.